The second-order valence-electron chi connectivity index (χ2n) is 4.68. The second-order valence-corrected chi connectivity index (χ2v) is 5.12. The van der Waals surface area contributed by atoms with Gasteiger partial charge in [0, 0.05) is 10.6 Å². The van der Waals surface area contributed by atoms with Crippen molar-refractivity contribution in [1.82, 2.24) is 5.32 Å². The average molecular weight is 238 g/mol. The van der Waals surface area contributed by atoms with Crippen molar-refractivity contribution in [2.45, 2.75) is 44.6 Å². The van der Waals surface area contributed by atoms with Gasteiger partial charge in [-0.15, -0.1) is 0 Å². The van der Waals surface area contributed by atoms with Gasteiger partial charge in [-0.3, -0.25) is 0 Å². The molecule has 1 unspecified atom stereocenters. The molecule has 1 saturated heterocycles. The Bertz CT molecular complexity index is 323. The molecule has 2 heteroatoms. The summed E-state index contributed by atoms with van der Waals surface area (Å²) in [7, 11) is 0. The zero-order valence-corrected chi connectivity index (χ0v) is 10.7. The highest BCUT2D eigenvalue weighted by molar-refractivity contribution is 6.30. The Balaban J connectivity index is 2.28. The summed E-state index contributed by atoms with van der Waals surface area (Å²) in [6.45, 7) is 3.41. The molecule has 88 valence electrons. The number of nitrogens with one attached hydrogen (secondary N) is 1. The summed E-state index contributed by atoms with van der Waals surface area (Å²) in [5.41, 5.74) is 1.57. The van der Waals surface area contributed by atoms with Gasteiger partial charge in [0.2, 0.25) is 0 Å². The van der Waals surface area contributed by atoms with E-state index in [1.165, 1.54) is 31.2 Å². The van der Waals surface area contributed by atoms with Crippen molar-refractivity contribution in [2.24, 2.45) is 0 Å². The molecule has 1 aliphatic heterocycles. The summed E-state index contributed by atoms with van der Waals surface area (Å²) < 4.78 is 0. The Labute approximate surface area is 103 Å². The van der Waals surface area contributed by atoms with Crippen molar-refractivity contribution in [3.05, 3.63) is 34.9 Å². The van der Waals surface area contributed by atoms with Gasteiger partial charge in [-0.25, -0.2) is 0 Å². The predicted molar refractivity (Wildman–Crippen MR) is 69.9 cm³/mol. The van der Waals surface area contributed by atoms with Crippen LogP contribution in [0.4, 0.5) is 0 Å². The van der Waals surface area contributed by atoms with Crippen LogP contribution in [0.15, 0.2) is 24.3 Å². The molecule has 16 heavy (non-hydrogen) atoms. The van der Waals surface area contributed by atoms with Gasteiger partial charge in [0.25, 0.3) is 0 Å². The van der Waals surface area contributed by atoms with Crippen LogP contribution in [0.5, 0.6) is 0 Å². The van der Waals surface area contributed by atoms with Crippen molar-refractivity contribution in [3.63, 3.8) is 0 Å². The zero-order valence-electron chi connectivity index (χ0n) is 9.93. The van der Waals surface area contributed by atoms with Gasteiger partial charge in [0.15, 0.2) is 0 Å². The first-order valence-electron chi connectivity index (χ1n) is 6.28. The molecule has 0 aromatic heterocycles. The Kier molecular flexibility index (Phi) is 3.88. The fourth-order valence-electron chi connectivity index (χ4n) is 2.67. The lowest BCUT2D eigenvalue weighted by Crippen LogP contribution is -2.41. The topological polar surface area (TPSA) is 12.0 Å². The number of halogens is 1. The lowest BCUT2D eigenvalue weighted by atomic mass is 9.83. The van der Waals surface area contributed by atoms with Crippen LogP contribution in [-0.2, 0) is 5.54 Å². The van der Waals surface area contributed by atoms with E-state index in [2.05, 4.69) is 24.4 Å². The van der Waals surface area contributed by atoms with Gasteiger partial charge in [-0.2, -0.15) is 0 Å². The smallest absolute Gasteiger partial charge is 0.0432 e. The summed E-state index contributed by atoms with van der Waals surface area (Å²) in [5, 5.41) is 4.56. The van der Waals surface area contributed by atoms with Gasteiger partial charge in [0.05, 0.1) is 0 Å². The molecule has 1 N–H and O–H groups in total. The highest BCUT2D eigenvalue weighted by Crippen LogP contribution is 2.33. The van der Waals surface area contributed by atoms with Crippen LogP contribution in [0, 0.1) is 0 Å². The molecule has 0 spiro atoms. The summed E-state index contributed by atoms with van der Waals surface area (Å²) in [6, 6.07) is 8.34. The maximum absolute atomic E-state index is 5.95. The summed E-state index contributed by atoms with van der Waals surface area (Å²) >= 11 is 5.95. The van der Waals surface area contributed by atoms with Crippen molar-refractivity contribution in [1.29, 1.82) is 0 Å². The summed E-state index contributed by atoms with van der Waals surface area (Å²) in [6.07, 6.45) is 6.36. The number of benzene rings is 1. The first kappa shape index (κ1) is 11.9. The van der Waals surface area contributed by atoms with Crippen LogP contribution < -0.4 is 5.32 Å². The highest BCUT2D eigenvalue weighted by atomic mass is 35.5. The van der Waals surface area contributed by atoms with E-state index in [0.29, 0.717) is 0 Å². The zero-order chi connectivity index (χ0) is 11.4. The predicted octanol–water partition coefficient (Wildman–Crippen LogP) is 4.11. The molecule has 1 aromatic rings. The van der Waals surface area contributed by atoms with E-state index in [1.54, 1.807) is 0 Å². The van der Waals surface area contributed by atoms with Gasteiger partial charge >= 0.3 is 0 Å². The molecular formula is C14H20ClN. The minimum Gasteiger partial charge on any atom is -0.307 e. The molecule has 0 saturated carbocycles. The Morgan fingerprint density at radius 2 is 1.94 bits per heavy atom. The van der Waals surface area contributed by atoms with E-state index in [0.717, 1.165) is 18.0 Å². The fourth-order valence-corrected chi connectivity index (χ4v) is 2.79. The van der Waals surface area contributed by atoms with Gasteiger partial charge in [0.1, 0.15) is 0 Å². The molecular weight excluding hydrogens is 218 g/mol. The lowest BCUT2D eigenvalue weighted by Gasteiger charge is -2.33. The molecule has 1 fully saturated rings. The third-order valence-corrected chi connectivity index (χ3v) is 4.00. The third-order valence-electron chi connectivity index (χ3n) is 3.74. The molecule has 2 rings (SSSR count). The first-order chi connectivity index (χ1) is 7.77. The number of hydrogen-bond donors (Lipinski definition) is 1. The SMILES string of the molecule is CCC1(c2ccc(Cl)cc2)CCCCCN1. The van der Waals surface area contributed by atoms with Crippen molar-refractivity contribution in [2.75, 3.05) is 6.54 Å². The van der Waals surface area contributed by atoms with Crippen molar-refractivity contribution >= 4 is 11.6 Å². The molecule has 0 radical (unpaired) electrons. The van der Waals surface area contributed by atoms with E-state index < -0.39 is 0 Å². The van der Waals surface area contributed by atoms with E-state index >= 15 is 0 Å². The van der Waals surface area contributed by atoms with Gasteiger partial charge < -0.3 is 5.32 Å². The fraction of sp³-hybridized carbons (Fsp3) is 0.571. The van der Waals surface area contributed by atoms with Gasteiger partial charge in [-0.05, 0) is 43.5 Å². The Morgan fingerprint density at radius 1 is 1.19 bits per heavy atom. The lowest BCUT2D eigenvalue weighted by molar-refractivity contribution is 0.312. The monoisotopic (exact) mass is 237 g/mol. The van der Waals surface area contributed by atoms with Crippen LogP contribution >= 0.6 is 11.6 Å². The van der Waals surface area contributed by atoms with Crippen LogP contribution in [0.1, 0.15) is 44.6 Å². The third kappa shape index (κ3) is 2.41. The van der Waals surface area contributed by atoms with Crippen molar-refractivity contribution < 1.29 is 0 Å². The normalized spacial score (nSPS) is 26.4. The molecule has 1 atom stereocenters. The van der Waals surface area contributed by atoms with Gasteiger partial charge in [-0.1, -0.05) is 43.5 Å². The quantitative estimate of drug-likeness (QED) is 0.817. The molecule has 0 bridgehead atoms. The van der Waals surface area contributed by atoms with E-state index in [-0.39, 0.29) is 5.54 Å². The Morgan fingerprint density at radius 3 is 2.62 bits per heavy atom. The minimum absolute atomic E-state index is 0.182. The first-order valence-corrected chi connectivity index (χ1v) is 6.66. The number of hydrogen-bond acceptors (Lipinski definition) is 1. The minimum atomic E-state index is 0.182. The standard InChI is InChI=1S/C14H20ClN/c1-2-14(10-4-3-5-11-16-14)12-6-8-13(15)9-7-12/h6-9,16H,2-5,10-11H2,1H3. The summed E-state index contributed by atoms with van der Waals surface area (Å²) in [5.74, 6) is 0. The molecule has 1 aliphatic rings. The molecule has 1 heterocycles. The Hall–Kier alpha value is -0.530. The van der Waals surface area contributed by atoms with Crippen LogP contribution in [0.25, 0.3) is 0 Å². The van der Waals surface area contributed by atoms with Crippen LogP contribution in [-0.4, -0.2) is 6.54 Å². The molecule has 0 amide bonds. The molecule has 0 aliphatic carbocycles. The van der Waals surface area contributed by atoms with E-state index in [4.69, 9.17) is 11.6 Å². The highest BCUT2D eigenvalue weighted by Gasteiger charge is 2.30. The second kappa shape index (κ2) is 5.20. The molecule has 1 aromatic carbocycles. The average Bonchev–Trinajstić information content (AvgIpc) is 2.56. The van der Waals surface area contributed by atoms with Crippen LogP contribution in [0.3, 0.4) is 0 Å². The summed E-state index contributed by atoms with van der Waals surface area (Å²) in [4.78, 5) is 0. The van der Waals surface area contributed by atoms with E-state index in [1.807, 2.05) is 12.1 Å². The largest absolute Gasteiger partial charge is 0.307 e. The van der Waals surface area contributed by atoms with Crippen molar-refractivity contribution in [3.8, 4) is 0 Å². The maximum atomic E-state index is 5.95. The maximum Gasteiger partial charge on any atom is 0.0432 e. The molecule has 1 nitrogen and oxygen atoms in total. The van der Waals surface area contributed by atoms with Crippen LogP contribution in [0.2, 0.25) is 5.02 Å². The van der Waals surface area contributed by atoms with E-state index in [9.17, 15) is 0 Å². The number of rotatable bonds is 2.